The van der Waals surface area contributed by atoms with Gasteiger partial charge in [0.2, 0.25) is 0 Å². The molecule has 23 heavy (non-hydrogen) atoms. The molecule has 2 atom stereocenters. The first-order valence-electron chi connectivity index (χ1n) is 7.54. The maximum absolute atomic E-state index is 12.4. The highest BCUT2D eigenvalue weighted by atomic mass is 16.2. The lowest BCUT2D eigenvalue weighted by Crippen LogP contribution is -2.29. The lowest BCUT2D eigenvalue weighted by Gasteiger charge is -2.19. The molecule has 1 aromatic rings. The van der Waals surface area contributed by atoms with Gasteiger partial charge >= 0.3 is 0 Å². The summed E-state index contributed by atoms with van der Waals surface area (Å²) in [5.41, 5.74) is 2.41. The van der Waals surface area contributed by atoms with E-state index in [9.17, 15) is 15.3 Å². The highest BCUT2D eigenvalue weighted by molar-refractivity contribution is 6.18. The zero-order valence-corrected chi connectivity index (χ0v) is 13.6. The minimum atomic E-state index is -1.38. The summed E-state index contributed by atoms with van der Waals surface area (Å²) >= 11 is 0. The van der Waals surface area contributed by atoms with Crippen LogP contribution < -0.4 is 5.43 Å². The van der Waals surface area contributed by atoms with Crippen molar-refractivity contribution in [2.24, 2.45) is 15.9 Å². The second-order valence-electron chi connectivity index (χ2n) is 7.28. The predicted molar refractivity (Wildman–Crippen MR) is 85.2 cm³/mol. The molecule has 3 rings (SSSR count). The average molecular weight is 306 g/mol. The van der Waals surface area contributed by atoms with Gasteiger partial charge in [0.1, 0.15) is 5.41 Å². The molecule has 116 valence electrons. The lowest BCUT2D eigenvalue weighted by atomic mass is 9.86. The van der Waals surface area contributed by atoms with Crippen LogP contribution in [0.5, 0.6) is 0 Å². The molecule has 1 aliphatic heterocycles. The Morgan fingerprint density at radius 3 is 2.13 bits per heavy atom. The Balaban J connectivity index is 2.10. The standard InChI is InChI=1S/C18H18N4O/c1-11-18(15(23)22-21-11)14(17(18,9-19)10-20)12-5-7-13(8-6-12)16(2,3)4/h5-8,14H,1-4H3,(H,22,23). The molecular weight excluding hydrogens is 288 g/mol. The van der Waals surface area contributed by atoms with Gasteiger partial charge in [0.25, 0.3) is 5.91 Å². The number of benzene rings is 1. The van der Waals surface area contributed by atoms with E-state index < -0.39 is 16.7 Å². The Hall–Kier alpha value is -2.66. The van der Waals surface area contributed by atoms with Crippen molar-refractivity contribution in [3.63, 3.8) is 0 Å². The van der Waals surface area contributed by atoms with Crippen molar-refractivity contribution >= 4 is 11.6 Å². The van der Waals surface area contributed by atoms with Crippen molar-refractivity contribution < 1.29 is 4.79 Å². The average Bonchev–Trinajstić information content (AvgIpc) is 3.05. The normalized spacial score (nSPS) is 27.8. The molecule has 1 aromatic carbocycles. The number of hydrogen-bond acceptors (Lipinski definition) is 4. The Labute approximate surface area is 135 Å². The summed E-state index contributed by atoms with van der Waals surface area (Å²) in [7, 11) is 0. The fraction of sp³-hybridized carbons (Fsp3) is 0.444. The maximum atomic E-state index is 12.4. The van der Waals surface area contributed by atoms with Crippen molar-refractivity contribution in [2.75, 3.05) is 0 Å². The van der Waals surface area contributed by atoms with Gasteiger partial charge in [-0.1, -0.05) is 45.0 Å². The van der Waals surface area contributed by atoms with Gasteiger partial charge in [-0.2, -0.15) is 15.6 Å². The summed E-state index contributed by atoms with van der Waals surface area (Å²) in [6.45, 7) is 8.06. The lowest BCUT2D eigenvalue weighted by molar-refractivity contribution is -0.123. The summed E-state index contributed by atoms with van der Waals surface area (Å²) in [6, 6.07) is 12.0. The molecule has 1 spiro atoms. The highest BCUT2D eigenvalue weighted by Crippen LogP contribution is 2.75. The SMILES string of the molecule is CC1=NNC(=O)C12C(c1ccc(C(C)(C)C)cc1)C2(C#N)C#N. The van der Waals surface area contributed by atoms with Gasteiger partial charge in [-0.25, -0.2) is 5.43 Å². The maximum Gasteiger partial charge on any atom is 0.255 e. The largest absolute Gasteiger partial charge is 0.272 e. The summed E-state index contributed by atoms with van der Waals surface area (Å²) in [6.07, 6.45) is 0. The van der Waals surface area contributed by atoms with Crippen LogP contribution in [0.25, 0.3) is 0 Å². The first-order valence-corrected chi connectivity index (χ1v) is 7.54. The second kappa shape index (κ2) is 4.43. The molecule has 1 aliphatic carbocycles. The van der Waals surface area contributed by atoms with E-state index in [1.807, 2.05) is 24.3 Å². The van der Waals surface area contributed by atoms with Crippen LogP contribution in [0.15, 0.2) is 29.4 Å². The molecule has 1 N–H and O–H groups in total. The van der Waals surface area contributed by atoms with E-state index in [1.165, 1.54) is 0 Å². The number of nitrogens with zero attached hydrogens (tertiary/aromatic N) is 3. The summed E-state index contributed by atoms with van der Waals surface area (Å²) in [4.78, 5) is 12.4. The Kier molecular flexibility index (Phi) is 2.93. The van der Waals surface area contributed by atoms with Crippen LogP contribution in [0.3, 0.4) is 0 Å². The monoisotopic (exact) mass is 306 g/mol. The fourth-order valence-electron chi connectivity index (χ4n) is 3.76. The molecule has 0 bridgehead atoms. The Bertz CT molecular complexity index is 787. The van der Waals surface area contributed by atoms with E-state index in [2.05, 4.69) is 43.4 Å². The van der Waals surface area contributed by atoms with Crippen molar-refractivity contribution in [2.45, 2.75) is 39.0 Å². The molecule has 0 aromatic heterocycles. The van der Waals surface area contributed by atoms with Crippen molar-refractivity contribution in [3.8, 4) is 12.1 Å². The van der Waals surface area contributed by atoms with E-state index >= 15 is 0 Å². The molecule has 1 fully saturated rings. The zero-order valence-electron chi connectivity index (χ0n) is 13.6. The number of nitriles is 2. The number of carbonyl (C=O) groups is 1. The predicted octanol–water partition coefficient (Wildman–Crippen LogP) is 2.61. The van der Waals surface area contributed by atoms with Gasteiger partial charge in [0.05, 0.1) is 17.9 Å². The molecule has 2 aliphatic rings. The molecule has 0 saturated heterocycles. The Morgan fingerprint density at radius 2 is 1.74 bits per heavy atom. The van der Waals surface area contributed by atoms with Gasteiger partial charge in [0, 0.05) is 5.92 Å². The van der Waals surface area contributed by atoms with Crippen LogP contribution in [0.1, 0.15) is 44.7 Å². The number of hydrogen-bond donors (Lipinski definition) is 1. The molecule has 1 amide bonds. The molecule has 0 radical (unpaired) electrons. The Morgan fingerprint density at radius 1 is 1.17 bits per heavy atom. The van der Waals surface area contributed by atoms with Crippen LogP contribution in [0.4, 0.5) is 0 Å². The summed E-state index contributed by atoms with van der Waals surface area (Å²) < 4.78 is 0. The number of amides is 1. The number of rotatable bonds is 1. The number of hydrazone groups is 1. The molecular formula is C18H18N4O. The molecule has 2 unspecified atom stereocenters. The van der Waals surface area contributed by atoms with E-state index in [1.54, 1.807) is 6.92 Å². The highest BCUT2D eigenvalue weighted by Gasteiger charge is 2.86. The molecule has 5 nitrogen and oxygen atoms in total. The second-order valence-corrected chi connectivity index (χ2v) is 7.28. The van der Waals surface area contributed by atoms with Crippen LogP contribution in [0, 0.1) is 33.5 Å². The van der Waals surface area contributed by atoms with Gasteiger partial charge in [-0.05, 0) is 23.5 Å². The van der Waals surface area contributed by atoms with Gasteiger partial charge in [0.15, 0.2) is 5.41 Å². The number of carbonyl (C=O) groups excluding carboxylic acids is 1. The minimum absolute atomic E-state index is 0.0173. The van der Waals surface area contributed by atoms with Gasteiger partial charge in [-0.3, -0.25) is 4.79 Å². The van der Waals surface area contributed by atoms with Crippen molar-refractivity contribution in [1.29, 1.82) is 10.5 Å². The van der Waals surface area contributed by atoms with Gasteiger partial charge in [-0.15, -0.1) is 0 Å². The topological polar surface area (TPSA) is 89.0 Å². The summed E-state index contributed by atoms with van der Waals surface area (Å²) in [5, 5.41) is 23.2. The first-order chi connectivity index (χ1) is 10.8. The first kappa shape index (κ1) is 15.2. The van der Waals surface area contributed by atoms with Crippen molar-refractivity contribution in [3.05, 3.63) is 35.4 Å². The van der Waals surface area contributed by atoms with Crippen LogP contribution in [-0.2, 0) is 10.2 Å². The quantitative estimate of drug-likeness (QED) is 0.864. The fourth-order valence-corrected chi connectivity index (χ4v) is 3.76. The van der Waals surface area contributed by atoms with Crippen LogP contribution >= 0.6 is 0 Å². The minimum Gasteiger partial charge on any atom is -0.272 e. The summed E-state index contributed by atoms with van der Waals surface area (Å²) in [5.74, 6) is -0.840. The van der Waals surface area contributed by atoms with E-state index in [-0.39, 0.29) is 11.3 Å². The number of nitrogens with one attached hydrogen (secondary N) is 1. The van der Waals surface area contributed by atoms with E-state index in [4.69, 9.17) is 0 Å². The van der Waals surface area contributed by atoms with Gasteiger partial charge < -0.3 is 0 Å². The third-order valence-corrected chi connectivity index (χ3v) is 5.12. The zero-order chi connectivity index (χ0) is 17.0. The molecule has 1 heterocycles. The molecule has 5 heteroatoms. The van der Waals surface area contributed by atoms with E-state index in [0.29, 0.717) is 5.71 Å². The van der Waals surface area contributed by atoms with Crippen LogP contribution in [0.2, 0.25) is 0 Å². The van der Waals surface area contributed by atoms with Crippen LogP contribution in [-0.4, -0.2) is 11.6 Å². The van der Waals surface area contributed by atoms with E-state index in [0.717, 1.165) is 11.1 Å². The third-order valence-electron chi connectivity index (χ3n) is 5.12. The molecule has 1 saturated carbocycles. The third kappa shape index (κ3) is 1.65. The van der Waals surface area contributed by atoms with Crippen molar-refractivity contribution in [1.82, 2.24) is 5.43 Å². The smallest absolute Gasteiger partial charge is 0.255 e.